The van der Waals surface area contributed by atoms with Crippen molar-refractivity contribution in [3.8, 4) is 6.07 Å². The second-order valence-corrected chi connectivity index (χ2v) is 5.59. The molecule has 1 aromatic rings. The van der Waals surface area contributed by atoms with Gasteiger partial charge in [0.2, 0.25) is 0 Å². The number of hydrogen-bond acceptors (Lipinski definition) is 3. The van der Waals surface area contributed by atoms with Gasteiger partial charge in [0.25, 0.3) is 0 Å². The molecule has 0 aliphatic carbocycles. The number of aromatic nitrogens is 2. The van der Waals surface area contributed by atoms with Gasteiger partial charge < -0.3 is 4.90 Å². The Morgan fingerprint density at radius 2 is 1.94 bits per heavy atom. The summed E-state index contributed by atoms with van der Waals surface area (Å²) < 4.78 is 1.85. The zero-order chi connectivity index (χ0) is 13.3. The van der Waals surface area contributed by atoms with Crippen molar-refractivity contribution >= 4 is 5.82 Å². The molecule has 1 aliphatic heterocycles. The van der Waals surface area contributed by atoms with Gasteiger partial charge in [-0.1, -0.05) is 13.8 Å². The van der Waals surface area contributed by atoms with Crippen molar-refractivity contribution in [2.75, 3.05) is 18.0 Å². The van der Waals surface area contributed by atoms with Crippen molar-refractivity contribution in [1.82, 2.24) is 9.78 Å². The van der Waals surface area contributed by atoms with Crippen LogP contribution >= 0.6 is 0 Å². The summed E-state index contributed by atoms with van der Waals surface area (Å²) in [6.45, 7) is 8.58. The molecule has 0 aromatic carbocycles. The van der Waals surface area contributed by atoms with E-state index in [1.54, 1.807) is 0 Å². The molecular formula is C14H22N4. The highest BCUT2D eigenvalue weighted by molar-refractivity contribution is 5.57. The van der Waals surface area contributed by atoms with E-state index >= 15 is 0 Å². The maximum absolute atomic E-state index is 9.25. The highest BCUT2D eigenvalue weighted by Crippen LogP contribution is 2.30. The molecular weight excluding hydrogens is 224 g/mol. The predicted molar refractivity (Wildman–Crippen MR) is 72.4 cm³/mol. The van der Waals surface area contributed by atoms with Crippen LogP contribution in [-0.4, -0.2) is 22.9 Å². The van der Waals surface area contributed by atoms with Gasteiger partial charge in [-0.05, 0) is 31.6 Å². The van der Waals surface area contributed by atoms with Gasteiger partial charge in [0, 0.05) is 20.1 Å². The standard InChI is InChI=1S/C14H22N4/c1-10(2)12-5-7-18(8-6-12)14-13(9-15)11(3)16-17(14)4/h10,12H,5-8H2,1-4H3. The molecule has 2 rings (SSSR count). The van der Waals surface area contributed by atoms with Gasteiger partial charge in [-0.25, -0.2) is 0 Å². The summed E-state index contributed by atoms with van der Waals surface area (Å²) in [6.07, 6.45) is 2.43. The lowest BCUT2D eigenvalue weighted by Crippen LogP contribution is -2.36. The van der Waals surface area contributed by atoms with Gasteiger partial charge in [0.1, 0.15) is 17.5 Å². The summed E-state index contributed by atoms with van der Waals surface area (Å²) in [4.78, 5) is 2.32. The summed E-state index contributed by atoms with van der Waals surface area (Å²) in [7, 11) is 1.93. The van der Waals surface area contributed by atoms with Gasteiger partial charge in [-0.2, -0.15) is 10.4 Å². The van der Waals surface area contributed by atoms with E-state index in [9.17, 15) is 5.26 Å². The van der Waals surface area contributed by atoms with Crippen molar-refractivity contribution in [1.29, 1.82) is 5.26 Å². The maximum atomic E-state index is 9.25. The number of nitriles is 1. The van der Waals surface area contributed by atoms with Crippen molar-refractivity contribution < 1.29 is 0 Å². The zero-order valence-electron chi connectivity index (χ0n) is 11.8. The van der Waals surface area contributed by atoms with Crippen LogP contribution in [0.3, 0.4) is 0 Å². The van der Waals surface area contributed by atoms with Crippen LogP contribution in [0.15, 0.2) is 0 Å². The summed E-state index contributed by atoms with van der Waals surface area (Å²) in [6, 6.07) is 2.29. The lowest BCUT2D eigenvalue weighted by molar-refractivity contribution is 0.309. The van der Waals surface area contributed by atoms with E-state index < -0.39 is 0 Å². The molecule has 0 bridgehead atoms. The van der Waals surface area contributed by atoms with Crippen LogP contribution in [0.4, 0.5) is 5.82 Å². The SMILES string of the molecule is Cc1nn(C)c(N2CCC(C(C)C)CC2)c1C#N. The Hall–Kier alpha value is -1.50. The Balaban J connectivity index is 2.18. The normalized spacial score (nSPS) is 17.2. The fourth-order valence-electron chi connectivity index (χ4n) is 2.92. The van der Waals surface area contributed by atoms with E-state index in [0.29, 0.717) is 0 Å². The molecule has 0 unspecified atom stereocenters. The fourth-order valence-corrected chi connectivity index (χ4v) is 2.92. The molecule has 0 spiro atoms. The molecule has 98 valence electrons. The van der Waals surface area contributed by atoms with Crippen LogP contribution in [-0.2, 0) is 7.05 Å². The molecule has 1 aromatic heterocycles. The van der Waals surface area contributed by atoms with Gasteiger partial charge in [0.05, 0.1) is 5.69 Å². The third-order valence-electron chi connectivity index (χ3n) is 4.09. The Bertz CT molecular complexity index is 459. The first-order valence-corrected chi connectivity index (χ1v) is 6.73. The van der Waals surface area contributed by atoms with Gasteiger partial charge in [0.15, 0.2) is 0 Å². The first-order valence-electron chi connectivity index (χ1n) is 6.73. The van der Waals surface area contributed by atoms with Crippen LogP contribution < -0.4 is 4.90 Å². The highest BCUT2D eigenvalue weighted by atomic mass is 15.4. The third kappa shape index (κ3) is 2.22. The van der Waals surface area contributed by atoms with Crippen LogP contribution in [0, 0.1) is 30.1 Å². The summed E-state index contributed by atoms with van der Waals surface area (Å²) in [5.74, 6) is 2.58. The molecule has 1 aliphatic rings. The minimum absolute atomic E-state index is 0.737. The van der Waals surface area contributed by atoms with Crippen molar-refractivity contribution in [2.24, 2.45) is 18.9 Å². The Morgan fingerprint density at radius 1 is 1.33 bits per heavy atom. The lowest BCUT2D eigenvalue weighted by atomic mass is 9.86. The number of piperidine rings is 1. The van der Waals surface area contributed by atoms with Crippen LogP contribution in [0.2, 0.25) is 0 Å². The van der Waals surface area contributed by atoms with E-state index in [1.807, 2.05) is 18.7 Å². The minimum Gasteiger partial charge on any atom is -0.356 e. The molecule has 0 N–H and O–H groups in total. The van der Waals surface area contributed by atoms with Crippen LogP contribution in [0.5, 0.6) is 0 Å². The Labute approximate surface area is 109 Å². The largest absolute Gasteiger partial charge is 0.356 e. The molecule has 2 heterocycles. The van der Waals surface area contributed by atoms with Gasteiger partial charge in [-0.3, -0.25) is 4.68 Å². The molecule has 1 saturated heterocycles. The third-order valence-corrected chi connectivity index (χ3v) is 4.09. The van der Waals surface area contributed by atoms with Crippen molar-refractivity contribution in [3.05, 3.63) is 11.3 Å². The van der Waals surface area contributed by atoms with Crippen LogP contribution in [0.25, 0.3) is 0 Å². The second-order valence-electron chi connectivity index (χ2n) is 5.59. The molecule has 18 heavy (non-hydrogen) atoms. The molecule has 4 heteroatoms. The predicted octanol–water partition coefficient (Wildman–Crippen LogP) is 2.47. The molecule has 0 radical (unpaired) electrons. The van der Waals surface area contributed by atoms with E-state index in [0.717, 1.165) is 42.0 Å². The number of nitrogens with zero attached hydrogens (tertiary/aromatic N) is 4. The molecule has 1 fully saturated rings. The fraction of sp³-hybridized carbons (Fsp3) is 0.714. The lowest BCUT2D eigenvalue weighted by Gasteiger charge is -2.35. The summed E-state index contributed by atoms with van der Waals surface area (Å²) in [5, 5.41) is 13.6. The molecule has 0 atom stereocenters. The quantitative estimate of drug-likeness (QED) is 0.805. The van der Waals surface area contributed by atoms with Crippen LogP contribution in [0.1, 0.15) is 37.9 Å². The average Bonchev–Trinajstić information content (AvgIpc) is 2.63. The monoisotopic (exact) mass is 246 g/mol. The zero-order valence-corrected chi connectivity index (χ0v) is 11.8. The number of rotatable bonds is 2. The van der Waals surface area contributed by atoms with Crippen molar-refractivity contribution in [3.63, 3.8) is 0 Å². The summed E-state index contributed by atoms with van der Waals surface area (Å²) in [5.41, 5.74) is 1.57. The van der Waals surface area contributed by atoms with Gasteiger partial charge >= 0.3 is 0 Å². The molecule has 4 nitrogen and oxygen atoms in total. The molecule has 0 amide bonds. The maximum Gasteiger partial charge on any atom is 0.144 e. The Kier molecular flexibility index (Phi) is 3.60. The number of aryl methyl sites for hydroxylation is 2. The first kappa shape index (κ1) is 12.9. The smallest absolute Gasteiger partial charge is 0.144 e. The van der Waals surface area contributed by atoms with Gasteiger partial charge in [-0.15, -0.1) is 0 Å². The van der Waals surface area contributed by atoms with E-state index in [4.69, 9.17) is 0 Å². The molecule has 0 saturated carbocycles. The topological polar surface area (TPSA) is 44.9 Å². The number of anilines is 1. The average molecular weight is 246 g/mol. The number of hydrogen-bond donors (Lipinski definition) is 0. The van der Waals surface area contributed by atoms with E-state index in [-0.39, 0.29) is 0 Å². The van der Waals surface area contributed by atoms with E-state index in [2.05, 4.69) is 29.9 Å². The second kappa shape index (κ2) is 5.01. The van der Waals surface area contributed by atoms with E-state index in [1.165, 1.54) is 12.8 Å². The van der Waals surface area contributed by atoms with Crippen molar-refractivity contribution in [2.45, 2.75) is 33.6 Å². The highest BCUT2D eigenvalue weighted by Gasteiger charge is 2.26. The Morgan fingerprint density at radius 3 is 2.44 bits per heavy atom. The summed E-state index contributed by atoms with van der Waals surface area (Å²) >= 11 is 0. The minimum atomic E-state index is 0.737. The first-order chi connectivity index (χ1) is 8.54.